The number of aryl methyl sites for hydroxylation is 2. The first kappa shape index (κ1) is 13.8. The molecule has 1 rings (SSSR count). The molecule has 0 fully saturated rings. The third-order valence-corrected chi connectivity index (χ3v) is 3.16. The van der Waals surface area contributed by atoms with Crippen LogP contribution in [0.2, 0.25) is 0 Å². The van der Waals surface area contributed by atoms with Crippen LogP contribution in [0.15, 0.2) is 35.3 Å². The highest BCUT2D eigenvalue weighted by atomic mass is 32.2. The summed E-state index contributed by atoms with van der Waals surface area (Å²) < 4.78 is 54.8. The van der Waals surface area contributed by atoms with E-state index in [1.165, 1.54) is 12.1 Å². The lowest BCUT2D eigenvalue weighted by atomic mass is 10.1. The molecule has 0 aromatic heterocycles. The van der Waals surface area contributed by atoms with E-state index in [1.54, 1.807) is 13.0 Å². The summed E-state index contributed by atoms with van der Waals surface area (Å²) in [6, 6.07) is 4.38. The lowest BCUT2D eigenvalue weighted by Crippen LogP contribution is -2.03. The zero-order valence-corrected chi connectivity index (χ0v) is 9.97. The van der Waals surface area contributed by atoms with Gasteiger partial charge in [0.1, 0.15) is 0 Å². The van der Waals surface area contributed by atoms with Crippen molar-refractivity contribution in [1.29, 1.82) is 0 Å². The van der Waals surface area contributed by atoms with E-state index in [2.05, 4.69) is 0 Å². The van der Waals surface area contributed by atoms with Gasteiger partial charge in [-0.15, -0.1) is 0 Å². The van der Waals surface area contributed by atoms with Gasteiger partial charge in [0.05, 0.1) is 4.90 Å². The highest BCUT2D eigenvalue weighted by molar-refractivity contribution is 7.85. The number of rotatable bonds is 4. The smallest absolute Gasteiger partial charge is 0.282 e. The van der Waals surface area contributed by atoms with Crippen LogP contribution in [0.3, 0.4) is 0 Å². The molecule has 1 aromatic rings. The summed E-state index contributed by atoms with van der Waals surface area (Å²) >= 11 is 0. The Labute approximate surface area is 98.5 Å². The van der Waals surface area contributed by atoms with E-state index < -0.39 is 16.2 Å². The summed E-state index contributed by atoms with van der Waals surface area (Å²) in [4.78, 5) is -0.226. The van der Waals surface area contributed by atoms with Gasteiger partial charge in [-0.3, -0.25) is 4.55 Å². The minimum Gasteiger partial charge on any atom is -0.282 e. The number of hydrogen-bond acceptors (Lipinski definition) is 2. The van der Waals surface area contributed by atoms with E-state index in [1.807, 2.05) is 0 Å². The van der Waals surface area contributed by atoms with Gasteiger partial charge in [0.25, 0.3) is 16.2 Å². The molecule has 0 atom stereocenters. The first-order valence-corrected chi connectivity index (χ1v) is 6.33. The Morgan fingerprint density at radius 1 is 1.41 bits per heavy atom. The fraction of sp³-hybridized carbons (Fsp3) is 0.273. The van der Waals surface area contributed by atoms with Gasteiger partial charge in [-0.25, -0.2) is 0 Å². The van der Waals surface area contributed by atoms with Crippen LogP contribution in [0.5, 0.6) is 0 Å². The van der Waals surface area contributed by atoms with E-state index in [4.69, 9.17) is 4.55 Å². The first-order chi connectivity index (χ1) is 7.80. The second-order valence-corrected chi connectivity index (χ2v) is 5.01. The molecule has 0 bridgehead atoms. The molecule has 0 aliphatic heterocycles. The Bertz CT molecular complexity index is 532. The molecule has 0 saturated carbocycles. The average Bonchev–Trinajstić information content (AvgIpc) is 2.15. The first-order valence-electron chi connectivity index (χ1n) is 4.89. The van der Waals surface area contributed by atoms with Crippen LogP contribution in [0.4, 0.5) is 8.78 Å². The molecule has 94 valence electrons. The molecule has 0 spiro atoms. The van der Waals surface area contributed by atoms with E-state index >= 15 is 0 Å². The van der Waals surface area contributed by atoms with Crippen LogP contribution in [-0.2, 0) is 16.5 Å². The molecule has 0 heterocycles. The lowest BCUT2D eigenvalue weighted by molar-refractivity contribution is 0.417. The normalized spacial score (nSPS) is 11.3. The minimum atomic E-state index is -4.31. The summed E-state index contributed by atoms with van der Waals surface area (Å²) in [5.41, 5.74) is 1.14. The molecule has 0 amide bonds. The predicted octanol–water partition coefficient (Wildman–Crippen LogP) is 2.95. The highest BCUT2D eigenvalue weighted by Crippen LogP contribution is 2.19. The largest absolute Gasteiger partial charge is 0.294 e. The van der Waals surface area contributed by atoms with Crippen LogP contribution in [-0.4, -0.2) is 13.0 Å². The zero-order chi connectivity index (χ0) is 13.1. The molecular weight excluding hydrogens is 250 g/mol. The van der Waals surface area contributed by atoms with Crippen molar-refractivity contribution in [2.75, 3.05) is 0 Å². The van der Waals surface area contributed by atoms with E-state index in [9.17, 15) is 17.2 Å². The maximum Gasteiger partial charge on any atom is 0.294 e. The van der Waals surface area contributed by atoms with Gasteiger partial charge in [-0.05, 0) is 37.5 Å². The maximum absolute atomic E-state index is 11.8. The number of allylic oxidation sites excluding steroid dienone is 1. The average molecular weight is 262 g/mol. The van der Waals surface area contributed by atoms with Crippen LogP contribution in [0, 0.1) is 6.92 Å². The van der Waals surface area contributed by atoms with Crippen molar-refractivity contribution in [1.82, 2.24) is 0 Å². The number of benzene rings is 1. The summed E-state index contributed by atoms with van der Waals surface area (Å²) in [5, 5.41) is 0. The van der Waals surface area contributed by atoms with Crippen molar-refractivity contribution in [2.45, 2.75) is 24.7 Å². The third kappa shape index (κ3) is 4.24. The van der Waals surface area contributed by atoms with Gasteiger partial charge < -0.3 is 0 Å². The van der Waals surface area contributed by atoms with Crippen molar-refractivity contribution in [3.8, 4) is 0 Å². The number of halogens is 2. The van der Waals surface area contributed by atoms with Crippen LogP contribution < -0.4 is 0 Å². The van der Waals surface area contributed by atoms with E-state index in [0.717, 1.165) is 11.6 Å². The second kappa shape index (κ2) is 5.37. The molecule has 0 unspecified atom stereocenters. The van der Waals surface area contributed by atoms with Crippen LogP contribution in [0.25, 0.3) is 0 Å². The molecule has 0 aliphatic rings. The van der Waals surface area contributed by atoms with E-state index in [0.29, 0.717) is 5.56 Å². The van der Waals surface area contributed by atoms with Crippen molar-refractivity contribution < 1.29 is 21.8 Å². The Kier molecular flexibility index (Phi) is 4.36. The molecule has 1 aromatic carbocycles. The van der Waals surface area contributed by atoms with Crippen molar-refractivity contribution >= 4 is 10.1 Å². The SMILES string of the molecule is Cc1ccc(S(=O)(=O)O)c(CCC=C(F)F)c1. The molecule has 0 radical (unpaired) electrons. The van der Waals surface area contributed by atoms with Gasteiger partial charge in [-0.2, -0.15) is 17.2 Å². The Morgan fingerprint density at radius 2 is 2.06 bits per heavy atom. The fourth-order valence-electron chi connectivity index (χ4n) is 1.49. The molecule has 3 nitrogen and oxygen atoms in total. The molecular formula is C11H12F2O3S. The molecule has 0 saturated heterocycles. The summed E-state index contributed by atoms with van der Waals surface area (Å²) in [6.07, 6.45) is -0.926. The Balaban J connectivity index is 3.04. The van der Waals surface area contributed by atoms with Crippen molar-refractivity contribution in [2.24, 2.45) is 0 Å². The van der Waals surface area contributed by atoms with Crippen molar-refractivity contribution in [3.63, 3.8) is 0 Å². The van der Waals surface area contributed by atoms with Gasteiger partial charge >= 0.3 is 0 Å². The summed E-state index contributed by atoms with van der Waals surface area (Å²) in [7, 11) is -4.31. The maximum atomic E-state index is 11.8. The fourth-order valence-corrected chi connectivity index (χ4v) is 2.22. The molecule has 0 aliphatic carbocycles. The van der Waals surface area contributed by atoms with Gasteiger partial charge in [0, 0.05) is 0 Å². The van der Waals surface area contributed by atoms with Crippen LogP contribution >= 0.6 is 0 Å². The molecule has 6 heteroatoms. The molecule has 17 heavy (non-hydrogen) atoms. The topological polar surface area (TPSA) is 54.4 Å². The van der Waals surface area contributed by atoms with Gasteiger partial charge in [0.2, 0.25) is 0 Å². The Morgan fingerprint density at radius 3 is 2.59 bits per heavy atom. The van der Waals surface area contributed by atoms with Crippen LogP contribution in [0.1, 0.15) is 17.5 Å². The zero-order valence-electron chi connectivity index (χ0n) is 9.15. The standard InChI is InChI=1S/C11H12F2O3S/c1-8-5-6-10(17(14,15)16)9(7-8)3-2-4-11(12)13/h4-7H,2-3H2,1H3,(H,14,15,16). The monoisotopic (exact) mass is 262 g/mol. The quantitative estimate of drug-likeness (QED) is 0.849. The highest BCUT2D eigenvalue weighted by Gasteiger charge is 2.14. The second-order valence-electron chi connectivity index (χ2n) is 3.62. The minimum absolute atomic E-state index is 0.0221. The van der Waals surface area contributed by atoms with Gasteiger partial charge in [-0.1, -0.05) is 17.7 Å². The Hall–Kier alpha value is -1.27. The third-order valence-electron chi connectivity index (χ3n) is 2.21. The van der Waals surface area contributed by atoms with E-state index in [-0.39, 0.29) is 17.7 Å². The number of hydrogen-bond donors (Lipinski definition) is 1. The lowest BCUT2D eigenvalue weighted by Gasteiger charge is -2.06. The van der Waals surface area contributed by atoms with Gasteiger partial charge in [0.15, 0.2) is 0 Å². The van der Waals surface area contributed by atoms with Crippen molar-refractivity contribution in [3.05, 3.63) is 41.5 Å². The summed E-state index contributed by atoms with van der Waals surface area (Å²) in [6.45, 7) is 1.75. The molecule has 1 N–H and O–H groups in total. The predicted molar refractivity (Wildman–Crippen MR) is 59.6 cm³/mol. The summed E-state index contributed by atoms with van der Waals surface area (Å²) in [5.74, 6) is 0.